The van der Waals surface area contributed by atoms with E-state index in [2.05, 4.69) is 10.1 Å². The molecule has 96 valence electrons. The van der Waals surface area contributed by atoms with E-state index in [0.717, 1.165) is 0 Å². The summed E-state index contributed by atoms with van der Waals surface area (Å²) in [5.74, 6) is 0.654. The van der Waals surface area contributed by atoms with Gasteiger partial charge in [-0.2, -0.15) is 4.98 Å². The van der Waals surface area contributed by atoms with E-state index in [0.29, 0.717) is 22.8 Å². The second kappa shape index (κ2) is 4.86. The lowest BCUT2D eigenvalue weighted by Crippen LogP contribution is -2.16. The Balaban J connectivity index is 2.32. The molecule has 2 rings (SSSR count). The molecule has 5 heteroatoms. The molecule has 0 amide bonds. The summed E-state index contributed by atoms with van der Waals surface area (Å²) in [6.45, 7) is 5.65. The molecule has 1 aromatic carbocycles. The Morgan fingerprint density at radius 3 is 2.67 bits per heavy atom. The minimum atomic E-state index is -0.304. The Morgan fingerprint density at radius 1 is 1.33 bits per heavy atom. The van der Waals surface area contributed by atoms with E-state index < -0.39 is 0 Å². The van der Waals surface area contributed by atoms with Gasteiger partial charge in [0.1, 0.15) is 5.82 Å². The van der Waals surface area contributed by atoms with E-state index in [1.165, 1.54) is 6.07 Å². The van der Waals surface area contributed by atoms with E-state index in [1.807, 2.05) is 13.8 Å². The van der Waals surface area contributed by atoms with Crippen molar-refractivity contribution >= 4 is 0 Å². The van der Waals surface area contributed by atoms with Crippen molar-refractivity contribution in [2.45, 2.75) is 26.8 Å². The van der Waals surface area contributed by atoms with Crippen molar-refractivity contribution in [3.05, 3.63) is 35.5 Å². The van der Waals surface area contributed by atoms with Gasteiger partial charge >= 0.3 is 0 Å². The first-order chi connectivity index (χ1) is 8.49. The van der Waals surface area contributed by atoms with Gasteiger partial charge in [-0.15, -0.1) is 0 Å². The van der Waals surface area contributed by atoms with Gasteiger partial charge in [-0.1, -0.05) is 31.1 Å². The summed E-state index contributed by atoms with van der Waals surface area (Å²) >= 11 is 0. The highest BCUT2D eigenvalue weighted by Gasteiger charge is 2.18. The first-order valence-corrected chi connectivity index (χ1v) is 5.84. The molecule has 0 aliphatic carbocycles. The summed E-state index contributed by atoms with van der Waals surface area (Å²) in [5, 5.41) is 3.83. The van der Waals surface area contributed by atoms with E-state index in [9.17, 15) is 4.39 Å². The second-order valence-corrected chi connectivity index (χ2v) is 4.69. The van der Waals surface area contributed by atoms with Crippen LogP contribution in [0.25, 0.3) is 11.4 Å². The number of hydrogen-bond donors (Lipinski definition) is 1. The number of halogens is 1. The number of nitrogens with zero attached hydrogens (tertiary/aromatic N) is 2. The first kappa shape index (κ1) is 12.7. The molecule has 0 saturated carbocycles. The van der Waals surface area contributed by atoms with Crippen molar-refractivity contribution in [2.24, 2.45) is 11.7 Å². The van der Waals surface area contributed by atoms with Gasteiger partial charge in [-0.05, 0) is 24.5 Å². The smallest absolute Gasteiger partial charge is 0.244 e. The zero-order valence-corrected chi connectivity index (χ0v) is 10.6. The lowest BCUT2D eigenvalue weighted by Gasteiger charge is -2.09. The molecule has 0 aliphatic rings. The third kappa shape index (κ3) is 2.41. The average molecular weight is 249 g/mol. The Kier molecular flexibility index (Phi) is 3.43. The van der Waals surface area contributed by atoms with Crippen LogP contribution < -0.4 is 5.73 Å². The van der Waals surface area contributed by atoms with Crippen molar-refractivity contribution in [2.75, 3.05) is 0 Å². The summed E-state index contributed by atoms with van der Waals surface area (Å²) in [5.41, 5.74) is 7.08. The van der Waals surface area contributed by atoms with Gasteiger partial charge in [0.2, 0.25) is 11.7 Å². The van der Waals surface area contributed by atoms with Crippen LogP contribution in [0.5, 0.6) is 0 Å². The van der Waals surface area contributed by atoms with Gasteiger partial charge in [0, 0.05) is 5.56 Å². The average Bonchev–Trinajstić information content (AvgIpc) is 2.81. The largest absolute Gasteiger partial charge is 0.337 e. The second-order valence-electron chi connectivity index (χ2n) is 4.69. The fraction of sp³-hybridized carbons (Fsp3) is 0.385. The molecule has 0 radical (unpaired) electrons. The quantitative estimate of drug-likeness (QED) is 0.908. The summed E-state index contributed by atoms with van der Waals surface area (Å²) in [6, 6.07) is 4.53. The van der Waals surface area contributed by atoms with Crippen LogP contribution in [0, 0.1) is 18.7 Å². The highest BCUT2D eigenvalue weighted by atomic mass is 19.1. The zero-order chi connectivity index (χ0) is 13.3. The van der Waals surface area contributed by atoms with Crippen molar-refractivity contribution in [3.63, 3.8) is 0 Å². The van der Waals surface area contributed by atoms with Crippen molar-refractivity contribution in [1.82, 2.24) is 10.1 Å². The van der Waals surface area contributed by atoms with Crippen LogP contribution >= 0.6 is 0 Å². The van der Waals surface area contributed by atoms with E-state index in [4.69, 9.17) is 10.3 Å². The molecule has 1 unspecified atom stereocenters. The Morgan fingerprint density at radius 2 is 2.06 bits per heavy atom. The van der Waals surface area contributed by atoms with E-state index in [-0.39, 0.29) is 17.8 Å². The summed E-state index contributed by atoms with van der Waals surface area (Å²) < 4.78 is 18.6. The van der Waals surface area contributed by atoms with Gasteiger partial charge < -0.3 is 10.3 Å². The van der Waals surface area contributed by atoms with Gasteiger partial charge in [0.05, 0.1) is 6.04 Å². The topological polar surface area (TPSA) is 64.9 Å². The third-order valence-corrected chi connectivity index (χ3v) is 2.88. The molecule has 1 heterocycles. The number of nitrogens with two attached hydrogens (primary N) is 1. The molecule has 0 saturated heterocycles. The SMILES string of the molecule is Cc1ccc(-c2noc(C(N)C(C)C)n2)cc1F. The summed E-state index contributed by atoms with van der Waals surface area (Å²) in [7, 11) is 0. The number of aryl methyl sites for hydroxylation is 1. The lowest BCUT2D eigenvalue weighted by atomic mass is 10.1. The monoisotopic (exact) mass is 249 g/mol. The predicted octanol–water partition coefficient (Wildman–Crippen LogP) is 2.84. The molecule has 18 heavy (non-hydrogen) atoms. The molecule has 4 nitrogen and oxygen atoms in total. The Labute approximate surface area is 105 Å². The highest BCUT2D eigenvalue weighted by Crippen LogP contribution is 2.22. The van der Waals surface area contributed by atoms with Crippen LogP contribution in [-0.2, 0) is 0 Å². The van der Waals surface area contributed by atoms with Crippen LogP contribution in [-0.4, -0.2) is 10.1 Å². The Bertz CT molecular complexity index is 551. The van der Waals surface area contributed by atoms with Crippen molar-refractivity contribution in [3.8, 4) is 11.4 Å². The maximum absolute atomic E-state index is 13.4. The maximum Gasteiger partial charge on any atom is 0.244 e. The van der Waals surface area contributed by atoms with Gasteiger partial charge in [0.25, 0.3) is 0 Å². The fourth-order valence-electron chi connectivity index (χ4n) is 1.50. The molecule has 2 N–H and O–H groups in total. The first-order valence-electron chi connectivity index (χ1n) is 5.84. The van der Waals surface area contributed by atoms with Crippen molar-refractivity contribution in [1.29, 1.82) is 0 Å². The lowest BCUT2D eigenvalue weighted by molar-refractivity contribution is 0.325. The van der Waals surface area contributed by atoms with Crippen molar-refractivity contribution < 1.29 is 8.91 Å². The van der Waals surface area contributed by atoms with E-state index in [1.54, 1.807) is 19.1 Å². The molecule has 1 aromatic heterocycles. The number of rotatable bonds is 3. The van der Waals surface area contributed by atoms with Crippen LogP contribution in [0.1, 0.15) is 31.3 Å². The fourth-order valence-corrected chi connectivity index (χ4v) is 1.50. The standard InChI is InChI=1S/C13H16FN3O/c1-7(2)11(15)13-16-12(17-18-13)9-5-4-8(3)10(14)6-9/h4-7,11H,15H2,1-3H3. The van der Waals surface area contributed by atoms with Crippen LogP contribution in [0.3, 0.4) is 0 Å². The summed E-state index contributed by atoms with van der Waals surface area (Å²) in [6.07, 6.45) is 0. The van der Waals surface area contributed by atoms with E-state index >= 15 is 0 Å². The summed E-state index contributed by atoms with van der Waals surface area (Å²) in [4.78, 5) is 4.20. The molecule has 0 aliphatic heterocycles. The van der Waals surface area contributed by atoms with Gasteiger partial charge in [0.15, 0.2) is 0 Å². The maximum atomic E-state index is 13.4. The molecule has 0 bridgehead atoms. The van der Waals surface area contributed by atoms with Crippen LogP contribution in [0.2, 0.25) is 0 Å². The minimum Gasteiger partial charge on any atom is -0.337 e. The van der Waals surface area contributed by atoms with Crippen LogP contribution in [0.15, 0.2) is 22.7 Å². The van der Waals surface area contributed by atoms with Crippen LogP contribution in [0.4, 0.5) is 4.39 Å². The number of aromatic nitrogens is 2. The molecule has 2 aromatic rings. The van der Waals surface area contributed by atoms with Gasteiger partial charge in [-0.25, -0.2) is 4.39 Å². The minimum absolute atomic E-state index is 0.202. The number of benzene rings is 1. The number of hydrogen-bond acceptors (Lipinski definition) is 4. The molecule has 0 spiro atoms. The predicted molar refractivity (Wildman–Crippen MR) is 66.2 cm³/mol. The zero-order valence-electron chi connectivity index (χ0n) is 10.6. The molecule has 0 fully saturated rings. The molecular formula is C13H16FN3O. The molecule has 1 atom stereocenters. The third-order valence-electron chi connectivity index (χ3n) is 2.88. The van der Waals surface area contributed by atoms with Gasteiger partial charge in [-0.3, -0.25) is 0 Å². The Hall–Kier alpha value is -1.75. The molecular weight excluding hydrogens is 233 g/mol. The highest BCUT2D eigenvalue weighted by molar-refractivity contribution is 5.54. The normalized spacial score (nSPS) is 13.0.